The standard InChI is InChI=1S/C17H15F3N6O2S.C2H2O4/c1-9-23-24-16(29-9)21-13(27)8-26-6-11(7-26)15-22-14(25-28-15)10-3-2-4-12(5-10)17(18,19)20;3-1(4)2(5)6/h2-5,11H,6-8H2,1H3,(H,21,24,27);(H,3,4)(H,5,6). The minimum Gasteiger partial charge on any atom is -0.473 e. The number of nitrogens with zero attached hydrogens (tertiary/aromatic N) is 5. The van der Waals surface area contributed by atoms with Crippen molar-refractivity contribution in [3.05, 3.63) is 40.7 Å². The van der Waals surface area contributed by atoms with Gasteiger partial charge in [-0.15, -0.1) is 10.2 Å². The van der Waals surface area contributed by atoms with Crippen LogP contribution in [-0.2, 0) is 20.6 Å². The van der Waals surface area contributed by atoms with E-state index >= 15 is 0 Å². The van der Waals surface area contributed by atoms with E-state index < -0.39 is 23.7 Å². The summed E-state index contributed by atoms with van der Waals surface area (Å²) in [5, 5.41) is 30.1. The van der Waals surface area contributed by atoms with Crippen molar-refractivity contribution in [3.8, 4) is 11.4 Å². The second-order valence-electron chi connectivity index (χ2n) is 7.21. The van der Waals surface area contributed by atoms with Crippen LogP contribution in [0.25, 0.3) is 11.4 Å². The normalized spacial score (nSPS) is 13.9. The quantitative estimate of drug-likeness (QED) is 0.426. The number of amides is 1. The molecular weight excluding hydrogens is 497 g/mol. The van der Waals surface area contributed by atoms with E-state index in [1.54, 1.807) is 6.92 Å². The van der Waals surface area contributed by atoms with Crippen molar-refractivity contribution >= 4 is 34.3 Å². The van der Waals surface area contributed by atoms with Gasteiger partial charge in [-0.25, -0.2) is 9.59 Å². The van der Waals surface area contributed by atoms with Crippen molar-refractivity contribution < 1.29 is 42.3 Å². The summed E-state index contributed by atoms with van der Waals surface area (Å²) in [6.45, 7) is 3.05. The van der Waals surface area contributed by atoms with Gasteiger partial charge in [0.15, 0.2) is 0 Å². The smallest absolute Gasteiger partial charge is 0.416 e. The molecule has 0 unspecified atom stereocenters. The third-order valence-electron chi connectivity index (χ3n) is 4.52. The van der Waals surface area contributed by atoms with Crippen LogP contribution in [0.15, 0.2) is 28.8 Å². The zero-order chi connectivity index (χ0) is 25.8. The minimum atomic E-state index is -4.44. The molecule has 0 saturated carbocycles. The predicted molar refractivity (Wildman–Crippen MR) is 112 cm³/mol. The molecule has 35 heavy (non-hydrogen) atoms. The number of halogens is 3. The summed E-state index contributed by atoms with van der Waals surface area (Å²) in [6.07, 6.45) is -4.44. The van der Waals surface area contributed by atoms with Crippen LogP contribution in [0.1, 0.15) is 22.4 Å². The molecule has 3 aromatic rings. The van der Waals surface area contributed by atoms with E-state index in [-0.39, 0.29) is 29.8 Å². The molecule has 2 aromatic heterocycles. The molecule has 1 fully saturated rings. The summed E-state index contributed by atoms with van der Waals surface area (Å²) in [4.78, 5) is 36.3. The van der Waals surface area contributed by atoms with Crippen LogP contribution in [-0.4, -0.2) is 72.9 Å². The molecule has 1 amide bonds. The molecule has 0 aliphatic carbocycles. The summed E-state index contributed by atoms with van der Waals surface area (Å²) in [6, 6.07) is 4.78. The largest absolute Gasteiger partial charge is 0.473 e. The maximum absolute atomic E-state index is 12.9. The predicted octanol–water partition coefficient (Wildman–Crippen LogP) is 2.11. The van der Waals surface area contributed by atoms with Gasteiger partial charge >= 0.3 is 18.1 Å². The number of carboxylic acids is 2. The number of carbonyl (C=O) groups is 3. The van der Waals surface area contributed by atoms with Crippen LogP contribution in [0.2, 0.25) is 0 Å². The monoisotopic (exact) mass is 514 g/mol. The summed E-state index contributed by atoms with van der Waals surface area (Å²) in [5.74, 6) is -3.47. The van der Waals surface area contributed by atoms with Gasteiger partial charge in [0.05, 0.1) is 18.0 Å². The number of aryl methyl sites for hydroxylation is 1. The van der Waals surface area contributed by atoms with Gasteiger partial charge in [0.25, 0.3) is 0 Å². The van der Waals surface area contributed by atoms with Crippen molar-refractivity contribution in [1.29, 1.82) is 0 Å². The van der Waals surface area contributed by atoms with Crippen molar-refractivity contribution in [1.82, 2.24) is 25.2 Å². The van der Waals surface area contributed by atoms with Gasteiger partial charge in [0.1, 0.15) is 5.01 Å². The Kier molecular flexibility index (Phi) is 7.75. The summed E-state index contributed by atoms with van der Waals surface area (Å²) < 4.78 is 43.8. The number of carbonyl (C=O) groups excluding carboxylic acids is 1. The number of benzene rings is 1. The van der Waals surface area contributed by atoms with E-state index in [9.17, 15) is 18.0 Å². The highest BCUT2D eigenvalue weighted by Crippen LogP contribution is 2.32. The molecule has 4 rings (SSSR count). The lowest BCUT2D eigenvalue weighted by molar-refractivity contribution is -0.159. The molecule has 1 saturated heterocycles. The Labute approximate surface area is 198 Å². The Morgan fingerprint density at radius 3 is 2.46 bits per heavy atom. The highest BCUT2D eigenvalue weighted by atomic mass is 32.1. The van der Waals surface area contributed by atoms with Crippen LogP contribution in [0.4, 0.5) is 18.3 Å². The Bertz CT molecular complexity index is 1210. The lowest BCUT2D eigenvalue weighted by Gasteiger charge is -2.36. The molecule has 0 spiro atoms. The number of anilines is 1. The van der Waals surface area contributed by atoms with Gasteiger partial charge in [-0.05, 0) is 19.1 Å². The average Bonchev–Trinajstić information content (AvgIpc) is 3.39. The fraction of sp³-hybridized carbons (Fsp3) is 0.316. The van der Waals surface area contributed by atoms with Crippen molar-refractivity contribution in [2.45, 2.75) is 19.0 Å². The molecule has 0 radical (unpaired) electrons. The molecule has 3 N–H and O–H groups in total. The van der Waals surface area contributed by atoms with E-state index in [4.69, 9.17) is 24.3 Å². The molecule has 0 atom stereocenters. The topological polar surface area (TPSA) is 172 Å². The van der Waals surface area contributed by atoms with E-state index in [0.29, 0.717) is 24.1 Å². The number of hydrogen-bond donors (Lipinski definition) is 3. The number of alkyl halides is 3. The second kappa shape index (κ2) is 10.6. The Balaban J connectivity index is 0.000000509. The van der Waals surface area contributed by atoms with E-state index in [0.717, 1.165) is 17.1 Å². The fourth-order valence-electron chi connectivity index (χ4n) is 2.92. The molecule has 186 valence electrons. The van der Waals surface area contributed by atoms with Crippen molar-refractivity contribution in [2.24, 2.45) is 0 Å². The van der Waals surface area contributed by atoms with Crippen LogP contribution >= 0.6 is 11.3 Å². The molecule has 12 nitrogen and oxygen atoms in total. The number of rotatable bonds is 5. The number of likely N-dealkylation sites (tertiary alicyclic amines) is 1. The SMILES string of the molecule is Cc1nnc(NC(=O)CN2CC(c3nc(-c4cccc(C(F)(F)F)c4)no3)C2)s1.O=C(O)C(=O)O. The molecule has 1 aliphatic rings. The van der Waals surface area contributed by atoms with E-state index in [1.165, 1.54) is 23.5 Å². The van der Waals surface area contributed by atoms with Crippen molar-refractivity contribution in [3.63, 3.8) is 0 Å². The fourth-order valence-corrected chi connectivity index (χ4v) is 3.52. The average molecular weight is 514 g/mol. The van der Waals surface area contributed by atoms with Gasteiger partial charge in [-0.1, -0.05) is 28.6 Å². The zero-order valence-corrected chi connectivity index (χ0v) is 18.6. The second-order valence-corrected chi connectivity index (χ2v) is 8.39. The van der Waals surface area contributed by atoms with E-state index in [2.05, 4.69) is 25.7 Å². The van der Waals surface area contributed by atoms with Crippen LogP contribution < -0.4 is 5.32 Å². The number of aromatic nitrogens is 4. The highest BCUT2D eigenvalue weighted by molar-refractivity contribution is 7.15. The van der Waals surface area contributed by atoms with Gasteiger partial charge < -0.3 is 14.7 Å². The Morgan fingerprint density at radius 1 is 1.20 bits per heavy atom. The first kappa shape index (κ1) is 25.7. The van der Waals surface area contributed by atoms with Crippen LogP contribution in [0.5, 0.6) is 0 Å². The number of aliphatic carboxylic acids is 2. The summed E-state index contributed by atoms with van der Waals surface area (Å²) >= 11 is 1.29. The minimum absolute atomic E-state index is 0.0707. The molecule has 1 aliphatic heterocycles. The molecule has 16 heteroatoms. The molecule has 0 bridgehead atoms. The first-order valence-electron chi connectivity index (χ1n) is 9.72. The van der Waals surface area contributed by atoms with Gasteiger partial charge in [-0.2, -0.15) is 18.2 Å². The third kappa shape index (κ3) is 7.03. The molecular formula is C19H17F3N6O6S. The maximum Gasteiger partial charge on any atom is 0.416 e. The Hall–Kier alpha value is -3.92. The number of carboxylic acid groups (broad SMARTS) is 2. The van der Waals surface area contributed by atoms with Gasteiger partial charge in [0, 0.05) is 18.7 Å². The summed E-state index contributed by atoms with van der Waals surface area (Å²) in [7, 11) is 0. The third-order valence-corrected chi connectivity index (χ3v) is 5.27. The zero-order valence-electron chi connectivity index (χ0n) is 17.8. The molecule has 1 aromatic carbocycles. The van der Waals surface area contributed by atoms with Crippen molar-refractivity contribution in [2.75, 3.05) is 25.0 Å². The Morgan fingerprint density at radius 2 is 1.89 bits per heavy atom. The molecule has 3 heterocycles. The number of nitrogens with one attached hydrogen (secondary N) is 1. The highest BCUT2D eigenvalue weighted by Gasteiger charge is 2.34. The summed E-state index contributed by atoms with van der Waals surface area (Å²) in [5.41, 5.74) is -0.537. The van der Waals surface area contributed by atoms with Crippen LogP contribution in [0.3, 0.4) is 0 Å². The first-order valence-corrected chi connectivity index (χ1v) is 10.5. The van der Waals surface area contributed by atoms with Crippen LogP contribution in [0, 0.1) is 6.92 Å². The lowest BCUT2D eigenvalue weighted by Crippen LogP contribution is -2.48. The number of hydrogen-bond acceptors (Lipinski definition) is 10. The first-order chi connectivity index (χ1) is 16.4. The van der Waals surface area contributed by atoms with Gasteiger partial charge in [-0.3, -0.25) is 15.0 Å². The lowest BCUT2D eigenvalue weighted by atomic mass is 10.0. The van der Waals surface area contributed by atoms with Gasteiger partial charge in [0.2, 0.25) is 22.8 Å². The van der Waals surface area contributed by atoms with E-state index in [1.807, 2.05) is 4.90 Å². The maximum atomic E-state index is 12.9.